The number of imidazole rings is 1. The lowest BCUT2D eigenvalue weighted by Gasteiger charge is -2.11. The molecule has 3 heterocycles. The van der Waals surface area contributed by atoms with Crippen LogP contribution in [0.1, 0.15) is 11.1 Å². The fourth-order valence-corrected chi connectivity index (χ4v) is 4.28. The summed E-state index contributed by atoms with van der Waals surface area (Å²) < 4.78 is 5.95. The number of hydrogen-bond acceptors (Lipinski definition) is 5. The van der Waals surface area contributed by atoms with Crippen LogP contribution in [-0.4, -0.2) is 15.0 Å². The standard InChI is InChI=1S/C25H18N4O2/c1-12-7-8-21-15(9-12)23(30)16-10-14-13(2)22(17(26)11-20(14)29-25(16)31-21)24-27-18-5-3-4-6-19(18)28-24/h3-11H,26H2,1-2H3,(H,27,28). The summed E-state index contributed by atoms with van der Waals surface area (Å²) in [4.78, 5) is 25.9. The van der Waals surface area contributed by atoms with Crippen LogP contribution in [0.5, 0.6) is 0 Å². The Morgan fingerprint density at radius 2 is 1.74 bits per heavy atom. The number of aromatic nitrogens is 3. The van der Waals surface area contributed by atoms with E-state index in [-0.39, 0.29) is 5.43 Å². The number of nitrogens with one attached hydrogen (secondary N) is 1. The van der Waals surface area contributed by atoms with Gasteiger partial charge in [-0.2, -0.15) is 0 Å². The number of fused-ring (bicyclic) bond motifs is 4. The highest BCUT2D eigenvalue weighted by atomic mass is 16.3. The number of nitrogen functional groups attached to an aromatic ring is 1. The van der Waals surface area contributed by atoms with Crippen molar-refractivity contribution < 1.29 is 4.42 Å². The molecule has 150 valence electrons. The number of anilines is 1. The first kappa shape index (κ1) is 17.7. The smallest absolute Gasteiger partial charge is 0.231 e. The summed E-state index contributed by atoms with van der Waals surface area (Å²) >= 11 is 0. The second-order valence-electron chi connectivity index (χ2n) is 7.91. The molecule has 0 fully saturated rings. The number of nitrogens with zero attached hydrogens (tertiary/aromatic N) is 2. The molecule has 0 unspecified atom stereocenters. The third kappa shape index (κ3) is 2.55. The van der Waals surface area contributed by atoms with Gasteiger partial charge in [0.15, 0.2) is 0 Å². The van der Waals surface area contributed by atoms with Gasteiger partial charge in [0.05, 0.1) is 27.3 Å². The van der Waals surface area contributed by atoms with Crippen molar-refractivity contribution in [2.75, 3.05) is 5.73 Å². The Hall–Kier alpha value is -4.19. The zero-order chi connectivity index (χ0) is 21.3. The van der Waals surface area contributed by atoms with Crippen molar-refractivity contribution in [3.63, 3.8) is 0 Å². The first-order valence-corrected chi connectivity index (χ1v) is 10.0. The summed E-state index contributed by atoms with van der Waals surface area (Å²) in [6.45, 7) is 3.93. The van der Waals surface area contributed by atoms with Crippen molar-refractivity contribution in [1.82, 2.24) is 15.0 Å². The second-order valence-corrected chi connectivity index (χ2v) is 7.91. The van der Waals surface area contributed by atoms with Crippen LogP contribution in [0.3, 0.4) is 0 Å². The minimum atomic E-state index is -0.0872. The van der Waals surface area contributed by atoms with Crippen LogP contribution < -0.4 is 11.2 Å². The van der Waals surface area contributed by atoms with Gasteiger partial charge in [-0.15, -0.1) is 0 Å². The van der Waals surface area contributed by atoms with Crippen LogP contribution in [0, 0.1) is 13.8 Å². The third-order valence-electron chi connectivity index (χ3n) is 5.83. The molecule has 0 atom stereocenters. The van der Waals surface area contributed by atoms with E-state index in [1.165, 1.54) is 0 Å². The van der Waals surface area contributed by atoms with Gasteiger partial charge in [0.2, 0.25) is 11.1 Å². The van der Waals surface area contributed by atoms with Crippen molar-refractivity contribution in [2.45, 2.75) is 13.8 Å². The predicted octanol–water partition coefficient (Wildman–Crippen LogP) is 5.24. The zero-order valence-electron chi connectivity index (χ0n) is 17.0. The Balaban J connectivity index is 1.69. The molecule has 0 saturated heterocycles. The van der Waals surface area contributed by atoms with Crippen molar-refractivity contribution in [3.05, 3.63) is 75.9 Å². The highest BCUT2D eigenvalue weighted by Crippen LogP contribution is 2.35. The van der Waals surface area contributed by atoms with Gasteiger partial charge in [-0.1, -0.05) is 23.8 Å². The Labute approximate surface area is 176 Å². The topological polar surface area (TPSA) is 97.8 Å². The number of pyridine rings is 1. The Bertz CT molecular complexity index is 1710. The molecule has 31 heavy (non-hydrogen) atoms. The summed E-state index contributed by atoms with van der Waals surface area (Å²) in [5.41, 5.74) is 13.0. The molecule has 0 amide bonds. The van der Waals surface area contributed by atoms with Gasteiger partial charge >= 0.3 is 0 Å². The second kappa shape index (κ2) is 6.15. The molecule has 6 nitrogen and oxygen atoms in total. The average Bonchev–Trinajstić information content (AvgIpc) is 3.17. The minimum Gasteiger partial charge on any atom is -0.437 e. The largest absolute Gasteiger partial charge is 0.437 e. The van der Waals surface area contributed by atoms with Crippen molar-refractivity contribution in [1.29, 1.82) is 0 Å². The molecule has 3 aromatic carbocycles. The van der Waals surface area contributed by atoms with E-state index in [2.05, 4.69) is 9.97 Å². The monoisotopic (exact) mass is 406 g/mol. The third-order valence-corrected chi connectivity index (χ3v) is 5.83. The van der Waals surface area contributed by atoms with Gasteiger partial charge in [0, 0.05) is 16.6 Å². The van der Waals surface area contributed by atoms with Gasteiger partial charge in [-0.3, -0.25) is 4.79 Å². The van der Waals surface area contributed by atoms with E-state index < -0.39 is 0 Å². The van der Waals surface area contributed by atoms with Crippen LogP contribution >= 0.6 is 0 Å². The molecule has 0 aliphatic carbocycles. The van der Waals surface area contributed by atoms with Gasteiger partial charge in [-0.25, -0.2) is 9.97 Å². The molecule has 0 radical (unpaired) electrons. The van der Waals surface area contributed by atoms with Gasteiger partial charge < -0.3 is 15.1 Å². The van der Waals surface area contributed by atoms with Crippen LogP contribution in [0.4, 0.5) is 5.69 Å². The maximum atomic E-state index is 13.2. The van der Waals surface area contributed by atoms with Crippen LogP contribution in [0.25, 0.3) is 55.4 Å². The summed E-state index contributed by atoms with van der Waals surface area (Å²) in [7, 11) is 0. The molecular formula is C25H18N4O2. The SMILES string of the molecule is Cc1ccc2oc3nc4cc(N)c(-c5nc6ccccc6[nH]5)c(C)c4cc3c(=O)c2c1. The van der Waals surface area contributed by atoms with E-state index in [0.717, 1.165) is 33.1 Å². The highest BCUT2D eigenvalue weighted by Gasteiger charge is 2.17. The number of nitrogens with two attached hydrogens (primary N) is 1. The fourth-order valence-electron chi connectivity index (χ4n) is 4.28. The van der Waals surface area contributed by atoms with Gasteiger partial charge in [0.25, 0.3) is 0 Å². The maximum Gasteiger partial charge on any atom is 0.231 e. The molecule has 0 saturated carbocycles. The lowest BCUT2D eigenvalue weighted by atomic mass is 9.99. The Morgan fingerprint density at radius 3 is 2.58 bits per heavy atom. The van der Waals surface area contributed by atoms with Crippen LogP contribution in [0.15, 0.2) is 63.8 Å². The van der Waals surface area contributed by atoms with E-state index in [0.29, 0.717) is 39.1 Å². The lowest BCUT2D eigenvalue weighted by Crippen LogP contribution is -2.04. The van der Waals surface area contributed by atoms with Crippen molar-refractivity contribution >= 4 is 49.7 Å². The van der Waals surface area contributed by atoms with E-state index >= 15 is 0 Å². The molecule has 3 N–H and O–H groups in total. The van der Waals surface area contributed by atoms with Crippen LogP contribution in [0.2, 0.25) is 0 Å². The number of aromatic amines is 1. The normalized spacial score (nSPS) is 11.8. The zero-order valence-corrected chi connectivity index (χ0v) is 17.0. The molecule has 0 spiro atoms. The molecule has 0 aliphatic heterocycles. The van der Waals surface area contributed by atoms with Gasteiger partial charge in [0.1, 0.15) is 11.4 Å². The van der Waals surface area contributed by atoms with Gasteiger partial charge in [-0.05, 0) is 55.8 Å². The summed E-state index contributed by atoms with van der Waals surface area (Å²) in [5, 5.41) is 1.85. The van der Waals surface area contributed by atoms with E-state index in [9.17, 15) is 4.79 Å². The molecule has 6 aromatic rings. The number of aryl methyl sites for hydroxylation is 2. The number of hydrogen-bond donors (Lipinski definition) is 2. The van der Waals surface area contributed by atoms with Crippen LogP contribution in [-0.2, 0) is 0 Å². The molecule has 6 rings (SSSR count). The number of para-hydroxylation sites is 2. The first-order chi connectivity index (χ1) is 15.0. The summed E-state index contributed by atoms with van der Waals surface area (Å²) in [5.74, 6) is 0.694. The van der Waals surface area contributed by atoms with E-state index in [1.54, 1.807) is 0 Å². The van der Waals surface area contributed by atoms with Crippen molar-refractivity contribution in [2.24, 2.45) is 0 Å². The number of H-pyrrole nitrogens is 1. The molecule has 0 bridgehead atoms. The molecular weight excluding hydrogens is 388 g/mol. The highest BCUT2D eigenvalue weighted by molar-refractivity contribution is 6.01. The number of rotatable bonds is 1. The number of benzene rings is 3. The minimum absolute atomic E-state index is 0.0872. The quantitative estimate of drug-likeness (QED) is 0.288. The Morgan fingerprint density at radius 1 is 0.903 bits per heavy atom. The fraction of sp³-hybridized carbons (Fsp3) is 0.0800. The summed E-state index contributed by atoms with van der Waals surface area (Å²) in [6, 6.07) is 17.1. The predicted molar refractivity (Wildman–Crippen MR) is 124 cm³/mol. The first-order valence-electron chi connectivity index (χ1n) is 10.0. The summed E-state index contributed by atoms with van der Waals surface area (Å²) in [6.07, 6.45) is 0. The molecule has 3 aromatic heterocycles. The molecule has 0 aliphatic rings. The maximum absolute atomic E-state index is 13.2. The average molecular weight is 406 g/mol. The Kier molecular flexibility index (Phi) is 3.50. The lowest BCUT2D eigenvalue weighted by molar-refractivity contribution is 0.646. The van der Waals surface area contributed by atoms with E-state index in [4.69, 9.17) is 15.1 Å². The molecule has 6 heteroatoms. The van der Waals surface area contributed by atoms with E-state index in [1.807, 2.05) is 68.4 Å². The van der Waals surface area contributed by atoms with Crippen molar-refractivity contribution in [3.8, 4) is 11.4 Å².